The Labute approximate surface area is 96.8 Å². The van der Waals surface area contributed by atoms with E-state index in [2.05, 4.69) is 19.2 Å². The predicted octanol–water partition coefficient (Wildman–Crippen LogP) is 2.54. The van der Waals surface area contributed by atoms with E-state index in [4.69, 9.17) is 4.42 Å². The number of furan rings is 1. The monoisotopic (exact) mass is 223 g/mol. The highest BCUT2D eigenvalue weighted by atomic mass is 16.3. The summed E-state index contributed by atoms with van der Waals surface area (Å²) < 4.78 is 5.48. The van der Waals surface area contributed by atoms with Gasteiger partial charge in [-0.3, -0.25) is 5.32 Å². The van der Waals surface area contributed by atoms with E-state index in [0.717, 1.165) is 18.6 Å². The van der Waals surface area contributed by atoms with Gasteiger partial charge in [0, 0.05) is 5.54 Å². The molecule has 90 valence electrons. The van der Waals surface area contributed by atoms with E-state index in [1.165, 1.54) is 18.4 Å². The molecule has 2 rings (SSSR count). The minimum atomic E-state index is -0.0847. The first-order valence-corrected chi connectivity index (χ1v) is 6.09. The molecule has 0 radical (unpaired) electrons. The molecule has 0 bridgehead atoms. The van der Waals surface area contributed by atoms with Crippen LogP contribution in [0.25, 0.3) is 0 Å². The molecule has 2 N–H and O–H groups in total. The van der Waals surface area contributed by atoms with E-state index in [-0.39, 0.29) is 18.2 Å². The lowest BCUT2D eigenvalue weighted by Crippen LogP contribution is -2.47. The average Bonchev–Trinajstić information content (AvgIpc) is 2.87. The van der Waals surface area contributed by atoms with Crippen molar-refractivity contribution in [3.05, 3.63) is 23.7 Å². The highest BCUT2D eigenvalue weighted by Gasteiger charge is 2.34. The summed E-state index contributed by atoms with van der Waals surface area (Å²) in [6.07, 6.45) is 6.26. The Bertz CT molecular complexity index is 339. The fourth-order valence-corrected chi connectivity index (χ4v) is 2.75. The predicted molar refractivity (Wildman–Crippen MR) is 63.3 cm³/mol. The van der Waals surface area contributed by atoms with Crippen LogP contribution in [-0.4, -0.2) is 17.3 Å². The van der Waals surface area contributed by atoms with Gasteiger partial charge in [0.25, 0.3) is 0 Å². The van der Waals surface area contributed by atoms with E-state index >= 15 is 0 Å². The van der Waals surface area contributed by atoms with Crippen LogP contribution in [0.2, 0.25) is 0 Å². The summed E-state index contributed by atoms with van der Waals surface area (Å²) in [5.41, 5.74) is 1.09. The third-order valence-electron chi connectivity index (χ3n) is 3.68. The zero-order chi connectivity index (χ0) is 11.6. The summed E-state index contributed by atoms with van der Waals surface area (Å²) in [7, 11) is 0. The van der Waals surface area contributed by atoms with Crippen molar-refractivity contribution in [3.8, 4) is 0 Å². The molecule has 1 heterocycles. The SMILES string of the molecule is Cc1ccoc1C(C)NC1(CO)CCCC1. The Morgan fingerprint density at radius 1 is 1.50 bits per heavy atom. The van der Waals surface area contributed by atoms with Gasteiger partial charge < -0.3 is 9.52 Å². The Morgan fingerprint density at radius 3 is 2.69 bits per heavy atom. The van der Waals surface area contributed by atoms with Crippen molar-refractivity contribution in [3.63, 3.8) is 0 Å². The number of hydrogen-bond donors (Lipinski definition) is 2. The molecule has 1 atom stereocenters. The first-order valence-electron chi connectivity index (χ1n) is 6.09. The second-order valence-electron chi connectivity index (χ2n) is 4.98. The molecule has 1 aliphatic rings. The van der Waals surface area contributed by atoms with E-state index in [9.17, 15) is 5.11 Å². The van der Waals surface area contributed by atoms with E-state index in [0.29, 0.717) is 0 Å². The lowest BCUT2D eigenvalue weighted by atomic mass is 9.97. The van der Waals surface area contributed by atoms with Crippen LogP contribution in [0.4, 0.5) is 0 Å². The molecule has 0 saturated heterocycles. The number of aryl methyl sites for hydroxylation is 1. The van der Waals surface area contributed by atoms with Gasteiger partial charge >= 0.3 is 0 Å². The molecule has 16 heavy (non-hydrogen) atoms. The van der Waals surface area contributed by atoms with E-state index in [1.807, 2.05) is 6.07 Å². The maximum atomic E-state index is 9.54. The van der Waals surface area contributed by atoms with Gasteiger partial charge in [0.1, 0.15) is 5.76 Å². The Morgan fingerprint density at radius 2 is 2.19 bits per heavy atom. The third kappa shape index (κ3) is 2.15. The molecular formula is C13H21NO2. The van der Waals surface area contributed by atoms with Crippen LogP contribution in [0.15, 0.2) is 16.7 Å². The van der Waals surface area contributed by atoms with Crippen molar-refractivity contribution in [2.45, 2.75) is 51.1 Å². The quantitative estimate of drug-likeness (QED) is 0.824. The summed E-state index contributed by atoms with van der Waals surface area (Å²) in [5.74, 6) is 0.986. The number of hydrogen-bond acceptors (Lipinski definition) is 3. The van der Waals surface area contributed by atoms with Gasteiger partial charge in [0.2, 0.25) is 0 Å². The smallest absolute Gasteiger partial charge is 0.123 e. The van der Waals surface area contributed by atoms with Gasteiger partial charge in [-0.2, -0.15) is 0 Å². The third-order valence-corrected chi connectivity index (χ3v) is 3.68. The van der Waals surface area contributed by atoms with Crippen LogP contribution in [0, 0.1) is 6.92 Å². The summed E-state index contributed by atoms with van der Waals surface area (Å²) in [6, 6.07) is 2.15. The normalized spacial score (nSPS) is 21.2. The molecule has 1 unspecified atom stereocenters. The van der Waals surface area contributed by atoms with Gasteiger partial charge in [-0.1, -0.05) is 12.8 Å². The molecule has 3 nitrogen and oxygen atoms in total. The summed E-state index contributed by atoms with van der Waals surface area (Å²) >= 11 is 0. The number of aliphatic hydroxyl groups is 1. The maximum absolute atomic E-state index is 9.54. The van der Waals surface area contributed by atoms with Gasteiger partial charge in [0.15, 0.2) is 0 Å². The topological polar surface area (TPSA) is 45.4 Å². The van der Waals surface area contributed by atoms with Crippen molar-refractivity contribution in [1.82, 2.24) is 5.32 Å². The van der Waals surface area contributed by atoms with Gasteiger partial charge in [0.05, 0.1) is 18.9 Å². The molecule has 1 aromatic rings. The number of nitrogens with one attached hydrogen (secondary N) is 1. The Kier molecular flexibility index (Phi) is 3.36. The average molecular weight is 223 g/mol. The molecule has 1 aromatic heterocycles. The van der Waals surface area contributed by atoms with Crippen molar-refractivity contribution in [2.24, 2.45) is 0 Å². The van der Waals surface area contributed by atoms with Crippen molar-refractivity contribution in [1.29, 1.82) is 0 Å². The van der Waals surface area contributed by atoms with Crippen LogP contribution in [-0.2, 0) is 0 Å². The minimum absolute atomic E-state index is 0.0847. The van der Waals surface area contributed by atoms with Gasteiger partial charge in [-0.25, -0.2) is 0 Å². The first kappa shape index (κ1) is 11.7. The largest absolute Gasteiger partial charge is 0.467 e. The second kappa shape index (κ2) is 4.60. The molecule has 1 saturated carbocycles. The van der Waals surface area contributed by atoms with E-state index < -0.39 is 0 Å². The zero-order valence-corrected chi connectivity index (χ0v) is 10.1. The molecule has 3 heteroatoms. The Hall–Kier alpha value is -0.800. The standard InChI is InChI=1S/C13H21NO2/c1-10-5-8-16-12(10)11(2)14-13(9-15)6-3-4-7-13/h5,8,11,14-15H,3-4,6-7,9H2,1-2H3. The first-order chi connectivity index (χ1) is 7.67. The number of rotatable bonds is 4. The van der Waals surface area contributed by atoms with Crippen molar-refractivity contribution >= 4 is 0 Å². The van der Waals surface area contributed by atoms with Crippen LogP contribution < -0.4 is 5.32 Å². The molecule has 0 spiro atoms. The number of aliphatic hydroxyl groups excluding tert-OH is 1. The second-order valence-corrected chi connectivity index (χ2v) is 4.98. The molecular weight excluding hydrogens is 202 g/mol. The zero-order valence-electron chi connectivity index (χ0n) is 10.1. The fourth-order valence-electron chi connectivity index (χ4n) is 2.75. The summed E-state index contributed by atoms with van der Waals surface area (Å²) in [4.78, 5) is 0. The minimum Gasteiger partial charge on any atom is -0.467 e. The molecule has 0 amide bonds. The van der Waals surface area contributed by atoms with Crippen LogP contribution in [0.3, 0.4) is 0 Å². The van der Waals surface area contributed by atoms with E-state index in [1.54, 1.807) is 6.26 Å². The lowest BCUT2D eigenvalue weighted by molar-refractivity contribution is 0.149. The van der Waals surface area contributed by atoms with Gasteiger partial charge in [-0.15, -0.1) is 0 Å². The van der Waals surface area contributed by atoms with Crippen LogP contribution in [0.5, 0.6) is 0 Å². The summed E-state index contributed by atoms with van der Waals surface area (Å²) in [6.45, 7) is 4.37. The molecule has 1 fully saturated rings. The van der Waals surface area contributed by atoms with Crippen LogP contribution >= 0.6 is 0 Å². The maximum Gasteiger partial charge on any atom is 0.123 e. The van der Waals surface area contributed by atoms with Gasteiger partial charge in [-0.05, 0) is 38.3 Å². The Balaban J connectivity index is 2.06. The summed E-state index contributed by atoms with van der Waals surface area (Å²) in [5, 5.41) is 13.1. The highest BCUT2D eigenvalue weighted by Crippen LogP contribution is 2.32. The molecule has 0 aromatic carbocycles. The fraction of sp³-hybridized carbons (Fsp3) is 0.692. The molecule has 0 aliphatic heterocycles. The lowest BCUT2D eigenvalue weighted by Gasteiger charge is -2.31. The molecule has 1 aliphatic carbocycles. The van der Waals surface area contributed by atoms with Crippen LogP contribution in [0.1, 0.15) is 50.0 Å². The van der Waals surface area contributed by atoms with Crippen molar-refractivity contribution < 1.29 is 9.52 Å². The highest BCUT2D eigenvalue weighted by molar-refractivity contribution is 5.18. The van der Waals surface area contributed by atoms with Crippen molar-refractivity contribution in [2.75, 3.05) is 6.61 Å².